The van der Waals surface area contributed by atoms with E-state index < -0.39 is 0 Å². The third-order valence-corrected chi connectivity index (χ3v) is 3.03. The van der Waals surface area contributed by atoms with Gasteiger partial charge in [-0.15, -0.1) is 0 Å². The summed E-state index contributed by atoms with van der Waals surface area (Å²) in [5.74, 6) is 0. The Kier molecular flexibility index (Phi) is 4.14. The van der Waals surface area contributed by atoms with E-state index in [1.807, 2.05) is 6.08 Å². The predicted octanol–water partition coefficient (Wildman–Crippen LogP) is 2.66. The van der Waals surface area contributed by atoms with E-state index in [9.17, 15) is 5.11 Å². The first-order chi connectivity index (χ1) is 6.53. The minimum Gasteiger partial charge on any atom is -0.389 e. The fourth-order valence-electron chi connectivity index (χ4n) is 1.75. The number of allylic oxidation sites excluding steroid dienone is 1. The highest BCUT2D eigenvalue weighted by molar-refractivity contribution is 5.09. The number of aliphatic hydroxyl groups is 1. The van der Waals surface area contributed by atoms with E-state index >= 15 is 0 Å². The van der Waals surface area contributed by atoms with E-state index in [4.69, 9.17) is 4.74 Å². The van der Waals surface area contributed by atoms with Crippen molar-refractivity contribution >= 4 is 0 Å². The molecule has 0 spiro atoms. The molecule has 0 aromatic carbocycles. The molecular weight excluding hydrogens is 176 g/mol. The van der Waals surface area contributed by atoms with Gasteiger partial charge in [-0.25, -0.2) is 0 Å². The molecule has 1 rings (SSSR count). The summed E-state index contributed by atoms with van der Waals surface area (Å²) in [6.45, 7) is 4.21. The molecule has 0 fully saturated rings. The van der Waals surface area contributed by atoms with Gasteiger partial charge in [-0.05, 0) is 46.0 Å². The van der Waals surface area contributed by atoms with Crippen LogP contribution in [0.5, 0.6) is 0 Å². The summed E-state index contributed by atoms with van der Waals surface area (Å²) >= 11 is 0. The number of methoxy groups -OCH3 is 1. The highest BCUT2D eigenvalue weighted by Gasteiger charge is 2.18. The Morgan fingerprint density at radius 3 is 2.86 bits per heavy atom. The van der Waals surface area contributed by atoms with Gasteiger partial charge in [0.25, 0.3) is 0 Å². The lowest BCUT2D eigenvalue weighted by Gasteiger charge is -2.25. The van der Waals surface area contributed by atoms with E-state index in [-0.39, 0.29) is 11.7 Å². The van der Waals surface area contributed by atoms with Crippen LogP contribution >= 0.6 is 0 Å². The maximum Gasteiger partial charge on any atom is 0.0723 e. The lowest BCUT2D eigenvalue weighted by molar-refractivity contribution is 0.0154. The molecule has 0 saturated carbocycles. The van der Waals surface area contributed by atoms with E-state index in [0.29, 0.717) is 0 Å². The molecule has 0 aliphatic heterocycles. The lowest BCUT2D eigenvalue weighted by atomic mass is 9.91. The molecule has 1 atom stereocenters. The van der Waals surface area contributed by atoms with Crippen LogP contribution in [0.4, 0.5) is 0 Å². The van der Waals surface area contributed by atoms with E-state index in [1.54, 1.807) is 7.11 Å². The summed E-state index contributed by atoms with van der Waals surface area (Å²) in [7, 11) is 1.75. The smallest absolute Gasteiger partial charge is 0.0723 e. The van der Waals surface area contributed by atoms with Gasteiger partial charge in [0.05, 0.1) is 11.7 Å². The minimum atomic E-state index is -0.204. The first-order valence-corrected chi connectivity index (χ1v) is 5.46. The van der Waals surface area contributed by atoms with Crippen molar-refractivity contribution in [3.63, 3.8) is 0 Å². The molecule has 0 heterocycles. The molecular formula is C12H22O2. The molecule has 2 heteroatoms. The quantitative estimate of drug-likeness (QED) is 0.704. The first-order valence-electron chi connectivity index (χ1n) is 5.46. The fraction of sp³-hybridized carbons (Fsp3) is 0.833. The highest BCUT2D eigenvalue weighted by atomic mass is 16.5. The second-order valence-electron chi connectivity index (χ2n) is 4.75. The van der Waals surface area contributed by atoms with Crippen molar-refractivity contribution in [1.29, 1.82) is 0 Å². The van der Waals surface area contributed by atoms with Crippen LogP contribution in [0.15, 0.2) is 11.6 Å². The van der Waals surface area contributed by atoms with Gasteiger partial charge in [0.2, 0.25) is 0 Å². The molecule has 0 radical (unpaired) electrons. The summed E-state index contributed by atoms with van der Waals surface area (Å²) in [5.41, 5.74) is 1.36. The van der Waals surface area contributed by atoms with Gasteiger partial charge in [-0.1, -0.05) is 11.6 Å². The van der Waals surface area contributed by atoms with Crippen LogP contribution in [-0.4, -0.2) is 23.9 Å². The summed E-state index contributed by atoms with van der Waals surface area (Å²) in [6, 6.07) is 0. The van der Waals surface area contributed by atoms with Crippen molar-refractivity contribution in [2.24, 2.45) is 0 Å². The third kappa shape index (κ3) is 3.81. The van der Waals surface area contributed by atoms with Gasteiger partial charge in [-0.3, -0.25) is 0 Å². The number of aliphatic hydroxyl groups excluding tert-OH is 1. The standard InChI is InChI=1S/C12H22O2/c1-12(2,14-3)8-7-10-5-4-6-11(13)9-10/h9,11,13H,4-8H2,1-3H3. The normalized spacial score (nSPS) is 23.4. The Balaban J connectivity index is 2.37. The molecule has 1 aliphatic rings. The van der Waals surface area contributed by atoms with Crippen molar-refractivity contribution in [3.8, 4) is 0 Å². The second-order valence-corrected chi connectivity index (χ2v) is 4.75. The van der Waals surface area contributed by atoms with Gasteiger partial charge in [-0.2, -0.15) is 0 Å². The molecule has 1 N–H and O–H groups in total. The Morgan fingerprint density at radius 1 is 1.57 bits per heavy atom. The number of ether oxygens (including phenoxy) is 1. The predicted molar refractivity (Wildman–Crippen MR) is 58.3 cm³/mol. The molecule has 82 valence electrons. The zero-order valence-electron chi connectivity index (χ0n) is 9.55. The van der Waals surface area contributed by atoms with Crippen molar-refractivity contribution in [3.05, 3.63) is 11.6 Å². The summed E-state index contributed by atoms with van der Waals surface area (Å²) in [5, 5.41) is 9.46. The minimum absolute atomic E-state index is 0.0385. The molecule has 1 aliphatic carbocycles. The van der Waals surface area contributed by atoms with E-state index in [0.717, 1.165) is 32.1 Å². The van der Waals surface area contributed by atoms with Crippen LogP contribution in [-0.2, 0) is 4.74 Å². The molecule has 0 amide bonds. The van der Waals surface area contributed by atoms with Crippen LogP contribution in [0.2, 0.25) is 0 Å². The van der Waals surface area contributed by atoms with Gasteiger partial charge < -0.3 is 9.84 Å². The van der Waals surface area contributed by atoms with Crippen molar-refractivity contribution in [1.82, 2.24) is 0 Å². The Hall–Kier alpha value is -0.340. The summed E-state index contributed by atoms with van der Waals surface area (Å²) < 4.78 is 5.37. The van der Waals surface area contributed by atoms with Gasteiger partial charge in [0.1, 0.15) is 0 Å². The zero-order chi connectivity index (χ0) is 10.6. The summed E-state index contributed by atoms with van der Waals surface area (Å²) in [6.07, 6.45) is 7.10. The molecule has 0 aromatic rings. The van der Waals surface area contributed by atoms with Crippen LogP contribution in [0.25, 0.3) is 0 Å². The van der Waals surface area contributed by atoms with Crippen LogP contribution < -0.4 is 0 Å². The van der Waals surface area contributed by atoms with E-state index in [1.165, 1.54) is 5.57 Å². The van der Waals surface area contributed by atoms with Crippen LogP contribution in [0.3, 0.4) is 0 Å². The number of rotatable bonds is 4. The lowest BCUT2D eigenvalue weighted by Crippen LogP contribution is -2.22. The molecule has 1 unspecified atom stereocenters. The Bertz CT molecular complexity index is 206. The van der Waals surface area contributed by atoms with Crippen molar-refractivity contribution in [2.45, 2.75) is 57.7 Å². The van der Waals surface area contributed by atoms with Gasteiger partial charge in [0.15, 0.2) is 0 Å². The zero-order valence-corrected chi connectivity index (χ0v) is 9.55. The van der Waals surface area contributed by atoms with E-state index in [2.05, 4.69) is 13.8 Å². The Labute approximate surface area is 87.0 Å². The van der Waals surface area contributed by atoms with Crippen molar-refractivity contribution in [2.75, 3.05) is 7.11 Å². The molecule has 0 aromatic heterocycles. The number of hydrogen-bond acceptors (Lipinski definition) is 2. The van der Waals surface area contributed by atoms with Gasteiger partial charge >= 0.3 is 0 Å². The second kappa shape index (κ2) is 4.94. The maximum absolute atomic E-state index is 9.46. The topological polar surface area (TPSA) is 29.5 Å². The van der Waals surface area contributed by atoms with Gasteiger partial charge in [0, 0.05) is 7.11 Å². The SMILES string of the molecule is COC(C)(C)CCC1=CC(O)CCC1. The highest BCUT2D eigenvalue weighted by Crippen LogP contribution is 2.25. The fourth-order valence-corrected chi connectivity index (χ4v) is 1.75. The maximum atomic E-state index is 9.46. The van der Waals surface area contributed by atoms with Crippen LogP contribution in [0.1, 0.15) is 46.0 Å². The first kappa shape index (κ1) is 11.7. The average Bonchev–Trinajstić information content (AvgIpc) is 2.15. The molecule has 14 heavy (non-hydrogen) atoms. The van der Waals surface area contributed by atoms with Crippen molar-refractivity contribution < 1.29 is 9.84 Å². The Morgan fingerprint density at radius 2 is 2.29 bits per heavy atom. The number of hydrogen-bond donors (Lipinski definition) is 1. The molecule has 0 bridgehead atoms. The summed E-state index contributed by atoms with van der Waals surface area (Å²) in [4.78, 5) is 0. The monoisotopic (exact) mass is 198 g/mol. The largest absolute Gasteiger partial charge is 0.389 e. The molecule has 0 saturated heterocycles. The van der Waals surface area contributed by atoms with Crippen LogP contribution in [0, 0.1) is 0 Å². The molecule has 2 nitrogen and oxygen atoms in total. The average molecular weight is 198 g/mol. The third-order valence-electron chi connectivity index (χ3n) is 3.03.